The Morgan fingerprint density at radius 3 is 1.80 bits per heavy atom. The van der Waals surface area contributed by atoms with E-state index >= 15 is 0 Å². The standard InChI is InChI=1S/C24H35N3O13/c1-12(31)35-17-6-5-16(7-25-9-28)20(21(17)36-13(2)32)40-24-19(27-11-30)23(38-15(4)34)22(37-14(3)33)18(39-24)8-26-10-29/h9-11,16-24H,5-8H2,1-4H3,(H,25,28)(H,26,29)(H,27,30). The minimum absolute atomic E-state index is 0.0802. The van der Waals surface area contributed by atoms with Crippen molar-refractivity contribution in [2.45, 2.75) is 89.5 Å². The lowest BCUT2D eigenvalue weighted by Crippen LogP contribution is -2.68. The van der Waals surface area contributed by atoms with Gasteiger partial charge in [-0.2, -0.15) is 0 Å². The molecule has 0 aromatic rings. The molecule has 2 rings (SSSR count). The van der Waals surface area contributed by atoms with E-state index in [0.29, 0.717) is 25.7 Å². The molecule has 3 amide bonds. The lowest BCUT2D eigenvalue weighted by molar-refractivity contribution is -0.300. The fraction of sp³-hybridized carbons (Fsp3) is 0.708. The van der Waals surface area contributed by atoms with Gasteiger partial charge in [0.1, 0.15) is 24.4 Å². The van der Waals surface area contributed by atoms with Crippen LogP contribution in [0.2, 0.25) is 0 Å². The second-order valence-electron chi connectivity index (χ2n) is 9.21. The maximum Gasteiger partial charge on any atom is 0.303 e. The molecule has 9 atom stereocenters. The van der Waals surface area contributed by atoms with Crippen molar-refractivity contribution < 1.29 is 62.0 Å². The van der Waals surface area contributed by atoms with Gasteiger partial charge in [-0.1, -0.05) is 0 Å². The Bertz CT molecular complexity index is 932. The molecule has 0 spiro atoms. The summed E-state index contributed by atoms with van der Waals surface area (Å²) >= 11 is 0. The largest absolute Gasteiger partial charge is 0.458 e. The number of nitrogens with one attached hydrogen (secondary N) is 3. The highest BCUT2D eigenvalue weighted by Crippen LogP contribution is 2.35. The van der Waals surface area contributed by atoms with Crippen molar-refractivity contribution in [1.82, 2.24) is 16.0 Å². The van der Waals surface area contributed by atoms with Crippen molar-refractivity contribution >= 4 is 43.1 Å². The molecule has 2 fully saturated rings. The van der Waals surface area contributed by atoms with Gasteiger partial charge < -0.3 is 44.4 Å². The Hall–Kier alpha value is -3.79. The smallest absolute Gasteiger partial charge is 0.303 e. The van der Waals surface area contributed by atoms with Gasteiger partial charge >= 0.3 is 23.9 Å². The van der Waals surface area contributed by atoms with Gasteiger partial charge in [0.05, 0.1) is 0 Å². The first-order chi connectivity index (χ1) is 19.0. The number of esters is 4. The van der Waals surface area contributed by atoms with E-state index in [4.69, 9.17) is 28.4 Å². The summed E-state index contributed by atoms with van der Waals surface area (Å²) in [7, 11) is 0. The van der Waals surface area contributed by atoms with E-state index in [0.717, 1.165) is 20.8 Å². The molecule has 1 heterocycles. The van der Waals surface area contributed by atoms with Gasteiger partial charge in [-0.15, -0.1) is 0 Å². The number of carbonyl (C=O) groups excluding carboxylic acids is 7. The number of hydrogen-bond donors (Lipinski definition) is 3. The lowest BCUT2D eigenvalue weighted by Gasteiger charge is -2.48. The van der Waals surface area contributed by atoms with Crippen molar-refractivity contribution in [1.29, 1.82) is 0 Å². The number of rotatable bonds is 14. The van der Waals surface area contributed by atoms with Crippen LogP contribution in [-0.2, 0) is 62.0 Å². The molecule has 16 heteroatoms. The highest BCUT2D eigenvalue weighted by atomic mass is 16.7. The second kappa shape index (κ2) is 15.7. The first-order valence-corrected chi connectivity index (χ1v) is 12.6. The first-order valence-electron chi connectivity index (χ1n) is 12.6. The summed E-state index contributed by atoms with van der Waals surface area (Å²) in [5.41, 5.74) is 0. The summed E-state index contributed by atoms with van der Waals surface area (Å²) in [6, 6.07) is -1.26. The average Bonchev–Trinajstić information content (AvgIpc) is 2.86. The van der Waals surface area contributed by atoms with Crippen LogP contribution in [0.4, 0.5) is 0 Å². The molecule has 0 bridgehead atoms. The lowest BCUT2D eigenvalue weighted by atomic mass is 9.82. The summed E-state index contributed by atoms with van der Waals surface area (Å²) in [6.07, 6.45) is -6.51. The topological polar surface area (TPSA) is 211 Å². The van der Waals surface area contributed by atoms with E-state index in [-0.39, 0.29) is 19.5 Å². The number of hydrogen-bond acceptors (Lipinski definition) is 13. The van der Waals surface area contributed by atoms with Crippen molar-refractivity contribution in [2.75, 3.05) is 13.1 Å². The Kier molecular flexibility index (Phi) is 12.7. The molecule has 1 saturated heterocycles. The minimum atomic E-state index is -1.43. The first kappa shape index (κ1) is 32.4. The third kappa shape index (κ3) is 9.15. The zero-order valence-electron chi connectivity index (χ0n) is 22.6. The molecule has 0 radical (unpaired) electrons. The van der Waals surface area contributed by atoms with Gasteiger partial charge in [-0.3, -0.25) is 33.6 Å². The van der Waals surface area contributed by atoms with E-state index in [1.807, 2.05) is 0 Å². The highest BCUT2D eigenvalue weighted by molar-refractivity contribution is 5.68. The SMILES string of the molecule is CC(=O)OC1CCC(CNC=O)C(OC2OC(CNC=O)C(OC(C)=O)C(OC(C)=O)C2NC=O)C1OC(C)=O. The molecule has 40 heavy (non-hydrogen) atoms. The molecule has 0 aromatic heterocycles. The predicted molar refractivity (Wildman–Crippen MR) is 130 cm³/mol. The van der Waals surface area contributed by atoms with E-state index < -0.39 is 78.8 Å². The van der Waals surface area contributed by atoms with Crippen LogP contribution >= 0.6 is 0 Å². The van der Waals surface area contributed by atoms with E-state index in [9.17, 15) is 33.6 Å². The summed E-state index contributed by atoms with van der Waals surface area (Å²) in [5, 5.41) is 7.42. The highest BCUT2D eigenvalue weighted by Gasteiger charge is 2.53. The van der Waals surface area contributed by atoms with Crippen molar-refractivity contribution in [3.8, 4) is 0 Å². The zero-order valence-corrected chi connectivity index (χ0v) is 22.6. The van der Waals surface area contributed by atoms with Crippen LogP contribution in [0.15, 0.2) is 0 Å². The van der Waals surface area contributed by atoms with Gasteiger partial charge in [-0.05, 0) is 12.8 Å². The van der Waals surface area contributed by atoms with Crippen molar-refractivity contribution in [3.63, 3.8) is 0 Å². The minimum Gasteiger partial charge on any atom is -0.458 e. The summed E-state index contributed by atoms with van der Waals surface area (Å²) in [5.74, 6) is -3.35. The summed E-state index contributed by atoms with van der Waals surface area (Å²) < 4.78 is 34.0. The van der Waals surface area contributed by atoms with Gasteiger partial charge in [0.2, 0.25) is 19.2 Å². The Morgan fingerprint density at radius 2 is 1.25 bits per heavy atom. The third-order valence-corrected chi connectivity index (χ3v) is 6.26. The summed E-state index contributed by atoms with van der Waals surface area (Å²) in [6.45, 7) is 4.44. The molecule has 3 N–H and O–H groups in total. The Balaban J connectivity index is 2.55. The second-order valence-corrected chi connectivity index (χ2v) is 9.21. The molecular weight excluding hydrogens is 538 g/mol. The number of ether oxygens (including phenoxy) is 6. The van der Waals surface area contributed by atoms with Crippen LogP contribution in [0.25, 0.3) is 0 Å². The maximum absolute atomic E-state index is 12.0. The number of carbonyl (C=O) groups is 7. The van der Waals surface area contributed by atoms with Crippen LogP contribution in [-0.4, -0.2) is 105 Å². The molecule has 1 aliphatic carbocycles. The third-order valence-electron chi connectivity index (χ3n) is 6.26. The molecule has 0 aromatic carbocycles. The van der Waals surface area contributed by atoms with Gasteiger partial charge in [-0.25, -0.2) is 0 Å². The molecule has 1 aliphatic heterocycles. The van der Waals surface area contributed by atoms with E-state index in [1.165, 1.54) is 6.92 Å². The number of amides is 3. The zero-order chi connectivity index (χ0) is 29.8. The monoisotopic (exact) mass is 573 g/mol. The van der Waals surface area contributed by atoms with Crippen LogP contribution in [0.3, 0.4) is 0 Å². The van der Waals surface area contributed by atoms with Crippen LogP contribution in [0.5, 0.6) is 0 Å². The Morgan fingerprint density at radius 1 is 0.700 bits per heavy atom. The molecule has 2 aliphatic rings. The van der Waals surface area contributed by atoms with Crippen LogP contribution < -0.4 is 16.0 Å². The molecule has 9 unspecified atom stereocenters. The predicted octanol–water partition coefficient (Wildman–Crippen LogP) is -2.16. The van der Waals surface area contributed by atoms with E-state index in [2.05, 4.69) is 16.0 Å². The average molecular weight is 574 g/mol. The maximum atomic E-state index is 12.0. The molecular formula is C24H35N3O13. The Labute approximate surface area is 230 Å². The summed E-state index contributed by atoms with van der Waals surface area (Å²) in [4.78, 5) is 81.4. The molecule has 224 valence electrons. The van der Waals surface area contributed by atoms with Gasteiger partial charge in [0, 0.05) is 46.7 Å². The molecule has 1 saturated carbocycles. The normalized spacial score (nSPS) is 31.4. The van der Waals surface area contributed by atoms with E-state index in [1.54, 1.807) is 0 Å². The van der Waals surface area contributed by atoms with Crippen molar-refractivity contribution in [2.24, 2.45) is 5.92 Å². The van der Waals surface area contributed by atoms with Crippen LogP contribution in [0.1, 0.15) is 40.5 Å². The fourth-order valence-corrected chi connectivity index (χ4v) is 4.89. The fourth-order valence-electron chi connectivity index (χ4n) is 4.89. The quantitative estimate of drug-likeness (QED) is 0.115. The van der Waals surface area contributed by atoms with Crippen molar-refractivity contribution in [3.05, 3.63) is 0 Å². The molecule has 16 nitrogen and oxygen atoms in total. The van der Waals surface area contributed by atoms with Gasteiger partial charge in [0.25, 0.3) is 0 Å². The van der Waals surface area contributed by atoms with Gasteiger partial charge in [0.15, 0.2) is 24.6 Å². The van der Waals surface area contributed by atoms with Crippen LogP contribution in [0, 0.1) is 5.92 Å².